The SMILES string of the molecule is c1ccc2c(-c3nc(-n4c5ccccc5c5ccccc54)nc4c3sc3ccccc34)cccc2c1. The summed E-state index contributed by atoms with van der Waals surface area (Å²) in [6.45, 7) is 0. The minimum Gasteiger partial charge on any atom is -0.278 e. The van der Waals surface area contributed by atoms with Crippen molar-refractivity contribution in [2.75, 3.05) is 0 Å². The maximum Gasteiger partial charge on any atom is 0.235 e. The van der Waals surface area contributed by atoms with Crippen molar-refractivity contribution >= 4 is 64.2 Å². The molecule has 8 rings (SSSR count). The third-order valence-corrected chi connectivity index (χ3v) is 8.20. The molecule has 0 bridgehead atoms. The highest BCUT2D eigenvalue weighted by molar-refractivity contribution is 7.26. The lowest BCUT2D eigenvalue weighted by Gasteiger charge is -2.11. The highest BCUT2D eigenvalue weighted by atomic mass is 32.1. The minimum absolute atomic E-state index is 0.700. The molecule has 0 saturated carbocycles. The maximum absolute atomic E-state index is 5.32. The molecule has 4 heteroatoms. The van der Waals surface area contributed by atoms with Gasteiger partial charge >= 0.3 is 0 Å². The summed E-state index contributed by atoms with van der Waals surface area (Å²) in [6.07, 6.45) is 0. The number of para-hydroxylation sites is 2. The predicted molar refractivity (Wildman–Crippen MR) is 152 cm³/mol. The number of hydrogen-bond acceptors (Lipinski definition) is 3. The maximum atomic E-state index is 5.32. The Kier molecular flexibility index (Phi) is 4.10. The predicted octanol–water partition coefficient (Wildman–Crippen LogP) is 8.76. The first-order valence-electron chi connectivity index (χ1n) is 12.0. The van der Waals surface area contributed by atoms with Crippen molar-refractivity contribution in [1.82, 2.24) is 14.5 Å². The first-order valence-corrected chi connectivity index (χ1v) is 12.8. The van der Waals surface area contributed by atoms with Crippen molar-refractivity contribution < 1.29 is 0 Å². The molecule has 0 radical (unpaired) electrons. The topological polar surface area (TPSA) is 30.7 Å². The smallest absolute Gasteiger partial charge is 0.235 e. The fourth-order valence-electron chi connectivity index (χ4n) is 5.43. The summed E-state index contributed by atoms with van der Waals surface area (Å²) in [5.41, 5.74) is 5.34. The Hall–Kier alpha value is -4.54. The van der Waals surface area contributed by atoms with Crippen LogP contribution in [0.5, 0.6) is 0 Å². The molecule has 0 unspecified atom stereocenters. The summed E-state index contributed by atoms with van der Waals surface area (Å²) in [5.74, 6) is 0.700. The first kappa shape index (κ1) is 19.7. The van der Waals surface area contributed by atoms with E-state index in [1.807, 2.05) is 0 Å². The largest absolute Gasteiger partial charge is 0.278 e. The summed E-state index contributed by atoms with van der Waals surface area (Å²) in [6, 6.07) is 40.6. The third kappa shape index (κ3) is 2.73. The lowest BCUT2D eigenvalue weighted by molar-refractivity contribution is 1.02. The second-order valence-electron chi connectivity index (χ2n) is 9.04. The van der Waals surface area contributed by atoms with Crippen LogP contribution in [0.3, 0.4) is 0 Å². The van der Waals surface area contributed by atoms with Gasteiger partial charge in [0.1, 0.15) is 0 Å². The molecule has 8 aromatic rings. The van der Waals surface area contributed by atoms with Gasteiger partial charge in [-0.2, -0.15) is 0 Å². The van der Waals surface area contributed by atoms with E-state index in [1.54, 1.807) is 11.3 Å². The van der Waals surface area contributed by atoms with E-state index in [9.17, 15) is 0 Å². The van der Waals surface area contributed by atoms with Gasteiger partial charge in [0.05, 0.1) is 26.9 Å². The zero-order chi connectivity index (χ0) is 23.6. The molecule has 0 spiro atoms. The van der Waals surface area contributed by atoms with Gasteiger partial charge in [0.15, 0.2) is 0 Å². The lowest BCUT2D eigenvalue weighted by atomic mass is 10.0. The monoisotopic (exact) mass is 477 g/mol. The van der Waals surface area contributed by atoms with Crippen LogP contribution in [0.4, 0.5) is 0 Å². The molecule has 0 atom stereocenters. The highest BCUT2D eigenvalue weighted by Gasteiger charge is 2.20. The van der Waals surface area contributed by atoms with Crippen molar-refractivity contribution in [3.05, 3.63) is 115 Å². The van der Waals surface area contributed by atoms with E-state index in [-0.39, 0.29) is 0 Å². The molecule has 3 heterocycles. The van der Waals surface area contributed by atoms with Crippen molar-refractivity contribution in [3.8, 4) is 17.2 Å². The van der Waals surface area contributed by atoms with Gasteiger partial charge in [0.25, 0.3) is 0 Å². The van der Waals surface area contributed by atoms with Crippen LogP contribution in [-0.2, 0) is 0 Å². The third-order valence-electron chi connectivity index (χ3n) is 7.03. The molecule has 36 heavy (non-hydrogen) atoms. The summed E-state index contributed by atoms with van der Waals surface area (Å²) in [5, 5.41) is 5.99. The van der Waals surface area contributed by atoms with Crippen LogP contribution in [0.1, 0.15) is 0 Å². The molecule has 0 fully saturated rings. The molecule has 0 aliphatic carbocycles. The van der Waals surface area contributed by atoms with Crippen molar-refractivity contribution in [3.63, 3.8) is 0 Å². The van der Waals surface area contributed by atoms with Crippen LogP contribution in [0.25, 0.3) is 70.1 Å². The molecule has 0 amide bonds. The standard InChI is InChI=1S/C32H19N3S/c1-2-12-21-20(10-1)11-9-16-24(21)29-31-30(25-15-5-8-19-28(25)36-31)34-32(33-29)35-26-17-6-3-13-22(26)23-14-4-7-18-27(23)35/h1-19H. The fourth-order valence-corrected chi connectivity index (χ4v) is 6.58. The summed E-state index contributed by atoms with van der Waals surface area (Å²) in [7, 11) is 0. The fraction of sp³-hybridized carbons (Fsp3) is 0. The molecule has 0 N–H and O–H groups in total. The number of aromatic nitrogens is 3. The summed E-state index contributed by atoms with van der Waals surface area (Å²) >= 11 is 1.77. The Labute approximate surface area is 210 Å². The van der Waals surface area contributed by atoms with Gasteiger partial charge in [-0.3, -0.25) is 4.57 Å². The molecule has 0 saturated heterocycles. The van der Waals surface area contributed by atoms with Gasteiger partial charge in [0.2, 0.25) is 5.95 Å². The molecule has 0 aliphatic rings. The quantitative estimate of drug-likeness (QED) is 0.249. The van der Waals surface area contributed by atoms with Gasteiger partial charge in [0, 0.05) is 26.4 Å². The van der Waals surface area contributed by atoms with Crippen molar-refractivity contribution in [2.45, 2.75) is 0 Å². The van der Waals surface area contributed by atoms with E-state index in [0.717, 1.165) is 32.5 Å². The van der Waals surface area contributed by atoms with Crippen LogP contribution < -0.4 is 0 Å². The number of rotatable bonds is 2. The van der Waals surface area contributed by atoms with Crippen LogP contribution >= 0.6 is 11.3 Å². The first-order chi connectivity index (χ1) is 17.9. The Morgan fingerprint density at radius 2 is 1.14 bits per heavy atom. The van der Waals surface area contributed by atoms with Crippen molar-refractivity contribution in [2.24, 2.45) is 0 Å². The number of benzene rings is 5. The van der Waals surface area contributed by atoms with Crippen LogP contribution in [0.2, 0.25) is 0 Å². The van der Waals surface area contributed by atoms with Crippen molar-refractivity contribution in [1.29, 1.82) is 0 Å². The van der Waals surface area contributed by atoms with Crippen LogP contribution in [0.15, 0.2) is 115 Å². The number of nitrogens with zero attached hydrogens (tertiary/aromatic N) is 3. The van der Waals surface area contributed by atoms with E-state index < -0.39 is 0 Å². The van der Waals surface area contributed by atoms with E-state index in [4.69, 9.17) is 9.97 Å². The lowest BCUT2D eigenvalue weighted by Crippen LogP contribution is -2.02. The molecular weight excluding hydrogens is 458 g/mol. The second-order valence-corrected chi connectivity index (χ2v) is 10.1. The van der Waals surface area contributed by atoms with Gasteiger partial charge in [-0.15, -0.1) is 11.3 Å². The Bertz CT molecular complexity index is 2060. The zero-order valence-electron chi connectivity index (χ0n) is 19.2. The highest BCUT2D eigenvalue weighted by Crippen LogP contribution is 2.41. The van der Waals surface area contributed by atoms with E-state index >= 15 is 0 Å². The minimum atomic E-state index is 0.700. The molecular formula is C32H19N3S. The molecule has 168 valence electrons. The van der Waals surface area contributed by atoms with E-state index in [1.165, 1.54) is 31.6 Å². The van der Waals surface area contributed by atoms with E-state index in [2.05, 4.69) is 120 Å². The summed E-state index contributed by atoms with van der Waals surface area (Å²) < 4.78 is 4.56. The van der Waals surface area contributed by atoms with Gasteiger partial charge in [-0.1, -0.05) is 97.1 Å². The molecule has 0 aliphatic heterocycles. The van der Waals surface area contributed by atoms with Gasteiger partial charge in [-0.05, 0) is 29.0 Å². The summed E-state index contributed by atoms with van der Waals surface area (Å²) in [4.78, 5) is 10.6. The van der Waals surface area contributed by atoms with Crippen LogP contribution in [-0.4, -0.2) is 14.5 Å². The Morgan fingerprint density at radius 1 is 0.528 bits per heavy atom. The zero-order valence-corrected chi connectivity index (χ0v) is 20.0. The van der Waals surface area contributed by atoms with Gasteiger partial charge < -0.3 is 0 Å². The second kappa shape index (κ2) is 7.48. The van der Waals surface area contributed by atoms with E-state index in [0.29, 0.717) is 5.95 Å². The molecule has 3 nitrogen and oxygen atoms in total. The number of fused-ring (bicyclic) bond motifs is 7. The average Bonchev–Trinajstić information content (AvgIpc) is 3.48. The number of hydrogen-bond donors (Lipinski definition) is 0. The molecule has 3 aromatic heterocycles. The van der Waals surface area contributed by atoms with Gasteiger partial charge in [-0.25, -0.2) is 9.97 Å². The average molecular weight is 478 g/mol. The molecule has 5 aromatic carbocycles. The van der Waals surface area contributed by atoms with Crippen LogP contribution in [0, 0.1) is 0 Å². The Morgan fingerprint density at radius 3 is 1.92 bits per heavy atom. The normalized spacial score (nSPS) is 11.9. The Balaban J connectivity index is 1.56. The number of thiophene rings is 1.